The number of hydrogen-bond donors (Lipinski definition) is 0. The van der Waals surface area contributed by atoms with Crippen LogP contribution < -0.4 is 0 Å². The van der Waals surface area contributed by atoms with E-state index in [1.807, 2.05) is 0 Å². The summed E-state index contributed by atoms with van der Waals surface area (Å²) in [6.07, 6.45) is 24.8. The minimum atomic E-state index is 1.33. The molecule has 0 atom stereocenters. The summed E-state index contributed by atoms with van der Waals surface area (Å²) < 4.78 is 1.37. The smallest absolute Gasteiger partial charge is 0.0798 e. The Morgan fingerprint density at radius 1 is 0.517 bits per heavy atom. The van der Waals surface area contributed by atoms with Crippen LogP contribution in [0, 0.1) is 0 Å². The van der Waals surface area contributed by atoms with Crippen LogP contribution in [0.3, 0.4) is 0 Å². The molecule has 0 aromatic heterocycles. The molecule has 0 bridgehead atoms. The van der Waals surface area contributed by atoms with Crippen LogP contribution in [-0.2, 0) is 0 Å². The van der Waals surface area contributed by atoms with Gasteiger partial charge in [-0.3, -0.25) is 0 Å². The lowest BCUT2D eigenvalue weighted by Gasteiger charge is -2.37. The highest BCUT2D eigenvalue weighted by Gasteiger charge is 2.23. The largest absolute Gasteiger partial charge is 0.324 e. The number of rotatable bonds is 21. The van der Waals surface area contributed by atoms with E-state index in [1.165, 1.54) is 159 Å². The van der Waals surface area contributed by atoms with Crippen molar-refractivity contribution in [3.05, 3.63) is 0 Å². The summed E-state index contributed by atoms with van der Waals surface area (Å²) in [6, 6.07) is 0. The summed E-state index contributed by atoms with van der Waals surface area (Å²) >= 11 is 0. The Bertz CT molecular complexity index is 331. The molecule has 0 aliphatic carbocycles. The van der Waals surface area contributed by atoms with Crippen molar-refractivity contribution in [1.29, 1.82) is 0 Å². The summed E-state index contributed by atoms with van der Waals surface area (Å²) in [5.41, 5.74) is 0. The lowest BCUT2D eigenvalue weighted by Crippen LogP contribution is -2.49. The summed E-state index contributed by atoms with van der Waals surface area (Å²) in [7, 11) is 0. The van der Waals surface area contributed by atoms with Crippen molar-refractivity contribution in [3.63, 3.8) is 0 Å². The van der Waals surface area contributed by atoms with E-state index < -0.39 is 0 Å². The molecule has 2 heteroatoms. The summed E-state index contributed by atoms with van der Waals surface area (Å²) in [6.45, 7) is 16.7. The Morgan fingerprint density at radius 2 is 0.931 bits per heavy atom. The van der Waals surface area contributed by atoms with Crippen LogP contribution in [-0.4, -0.2) is 55.2 Å². The van der Waals surface area contributed by atoms with Crippen LogP contribution in [0.15, 0.2) is 0 Å². The summed E-state index contributed by atoms with van der Waals surface area (Å²) in [5.74, 6) is 0. The molecule has 1 aliphatic rings. The predicted octanol–water partition coefficient (Wildman–Crippen LogP) is 7.81. The molecule has 0 unspecified atom stereocenters. The minimum absolute atomic E-state index is 1.33. The van der Waals surface area contributed by atoms with Crippen LogP contribution in [0.1, 0.15) is 130 Å². The molecule has 1 saturated heterocycles. The number of hydrogen-bond acceptors (Lipinski definition) is 1. The van der Waals surface area contributed by atoms with Gasteiger partial charge in [0.1, 0.15) is 0 Å². The molecule has 174 valence electrons. The van der Waals surface area contributed by atoms with Gasteiger partial charge in [-0.05, 0) is 52.6 Å². The SMILES string of the molecule is CCCCCCCCCCCCCCCC[N+](CC)(CC)CCCN1CCCC1. The Hall–Kier alpha value is -0.0800. The molecule has 0 N–H and O–H groups in total. The molecule has 29 heavy (non-hydrogen) atoms. The van der Waals surface area contributed by atoms with Crippen molar-refractivity contribution in [2.24, 2.45) is 0 Å². The lowest BCUT2D eigenvalue weighted by molar-refractivity contribution is -0.925. The fraction of sp³-hybridized carbons (Fsp3) is 1.00. The molecule has 0 radical (unpaired) electrons. The molecule has 1 fully saturated rings. The zero-order valence-corrected chi connectivity index (χ0v) is 20.9. The Morgan fingerprint density at radius 3 is 1.38 bits per heavy atom. The Balaban J connectivity index is 1.93. The first-order valence-corrected chi connectivity index (χ1v) is 13.8. The third-order valence-electron chi connectivity index (χ3n) is 7.63. The van der Waals surface area contributed by atoms with Gasteiger partial charge in [0, 0.05) is 13.0 Å². The fourth-order valence-electron chi connectivity index (χ4n) is 5.25. The van der Waals surface area contributed by atoms with Crippen LogP contribution in [0.4, 0.5) is 0 Å². The Kier molecular flexibility index (Phi) is 17.4. The van der Waals surface area contributed by atoms with Crippen molar-refractivity contribution in [1.82, 2.24) is 4.90 Å². The fourth-order valence-corrected chi connectivity index (χ4v) is 5.25. The monoisotopic (exact) mass is 409 g/mol. The van der Waals surface area contributed by atoms with E-state index in [9.17, 15) is 0 Å². The quantitative estimate of drug-likeness (QED) is 0.138. The van der Waals surface area contributed by atoms with Crippen molar-refractivity contribution in [2.45, 2.75) is 130 Å². The first-order valence-electron chi connectivity index (χ1n) is 13.8. The van der Waals surface area contributed by atoms with Gasteiger partial charge in [-0.15, -0.1) is 0 Å². The van der Waals surface area contributed by atoms with Crippen LogP contribution in [0.2, 0.25) is 0 Å². The van der Waals surface area contributed by atoms with Crippen LogP contribution >= 0.6 is 0 Å². The van der Waals surface area contributed by atoms with Gasteiger partial charge >= 0.3 is 0 Å². The number of nitrogens with zero attached hydrogens (tertiary/aromatic N) is 2. The Labute approximate surface area is 185 Å². The molecule has 0 aromatic rings. The molecular weight excluding hydrogens is 352 g/mol. The van der Waals surface area contributed by atoms with E-state index in [4.69, 9.17) is 0 Å². The molecule has 1 aliphatic heterocycles. The standard InChI is InChI=1S/C27H57N2/c1-4-7-8-9-10-11-12-13-14-15-16-17-18-21-26-29(5-2,6-3)27-22-25-28-23-19-20-24-28/h4-27H2,1-3H3/q+1. The van der Waals surface area contributed by atoms with Gasteiger partial charge in [-0.1, -0.05) is 84.0 Å². The summed E-state index contributed by atoms with van der Waals surface area (Å²) in [4.78, 5) is 2.69. The van der Waals surface area contributed by atoms with Gasteiger partial charge in [-0.2, -0.15) is 0 Å². The maximum atomic E-state index is 2.69. The normalized spacial score (nSPS) is 15.4. The molecule has 1 heterocycles. The molecule has 0 amide bonds. The van der Waals surface area contributed by atoms with Gasteiger partial charge in [0.05, 0.1) is 26.2 Å². The van der Waals surface area contributed by atoms with Gasteiger partial charge in [0.2, 0.25) is 0 Å². The van der Waals surface area contributed by atoms with Gasteiger partial charge in [-0.25, -0.2) is 0 Å². The second kappa shape index (κ2) is 18.7. The topological polar surface area (TPSA) is 3.24 Å². The molecule has 2 nitrogen and oxygen atoms in total. The highest BCUT2D eigenvalue weighted by Crippen LogP contribution is 2.16. The van der Waals surface area contributed by atoms with E-state index in [0.29, 0.717) is 0 Å². The molecule has 0 saturated carbocycles. The third kappa shape index (κ3) is 13.8. The van der Waals surface area contributed by atoms with Gasteiger partial charge < -0.3 is 9.38 Å². The average Bonchev–Trinajstić information content (AvgIpc) is 3.26. The molecule has 1 rings (SSSR count). The van der Waals surface area contributed by atoms with Gasteiger partial charge in [0.25, 0.3) is 0 Å². The van der Waals surface area contributed by atoms with E-state index in [-0.39, 0.29) is 0 Å². The zero-order chi connectivity index (χ0) is 21.0. The third-order valence-corrected chi connectivity index (χ3v) is 7.63. The maximum Gasteiger partial charge on any atom is 0.0798 e. The maximum absolute atomic E-state index is 2.69. The predicted molar refractivity (Wildman–Crippen MR) is 132 cm³/mol. The first kappa shape index (κ1) is 27.0. The average molecular weight is 410 g/mol. The highest BCUT2D eigenvalue weighted by molar-refractivity contribution is 4.65. The minimum Gasteiger partial charge on any atom is -0.324 e. The van der Waals surface area contributed by atoms with Crippen LogP contribution in [0.25, 0.3) is 0 Å². The van der Waals surface area contributed by atoms with Crippen molar-refractivity contribution in [3.8, 4) is 0 Å². The number of unbranched alkanes of at least 4 members (excludes halogenated alkanes) is 13. The number of likely N-dealkylation sites (tertiary alicyclic amines) is 1. The number of quaternary nitrogens is 1. The van der Waals surface area contributed by atoms with Crippen molar-refractivity contribution >= 4 is 0 Å². The van der Waals surface area contributed by atoms with Crippen molar-refractivity contribution in [2.75, 3.05) is 45.8 Å². The van der Waals surface area contributed by atoms with E-state index >= 15 is 0 Å². The van der Waals surface area contributed by atoms with E-state index in [0.717, 1.165) is 0 Å². The van der Waals surface area contributed by atoms with Crippen LogP contribution in [0.5, 0.6) is 0 Å². The first-order chi connectivity index (χ1) is 14.3. The second-order valence-electron chi connectivity index (χ2n) is 9.92. The van der Waals surface area contributed by atoms with E-state index in [2.05, 4.69) is 25.7 Å². The highest BCUT2D eigenvalue weighted by atomic mass is 15.3. The van der Waals surface area contributed by atoms with E-state index in [1.54, 1.807) is 0 Å². The second-order valence-corrected chi connectivity index (χ2v) is 9.92. The molecular formula is C27H57N2+. The molecule has 0 aromatic carbocycles. The van der Waals surface area contributed by atoms with Crippen molar-refractivity contribution < 1.29 is 4.48 Å². The zero-order valence-electron chi connectivity index (χ0n) is 20.9. The molecule has 0 spiro atoms. The summed E-state index contributed by atoms with van der Waals surface area (Å²) in [5, 5.41) is 0. The van der Waals surface area contributed by atoms with Gasteiger partial charge in [0.15, 0.2) is 0 Å². The lowest BCUT2D eigenvalue weighted by atomic mass is 10.0.